The van der Waals surface area contributed by atoms with Crippen molar-refractivity contribution in [1.82, 2.24) is 5.32 Å². The lowest BCUT2D eigenvalue weighted by molar-refractivity contribution is -0.143. The van der Waals surface area contributed by atoms with Crippen LogP contribution in [0.4, 0.5) is 4.79 Å². The minimum absolute atomic E-state index is 0.158. The van der Waals surface area contributed by atoms with Gasteiger partial charge >= 0.3 is 12.1 Å². The first-order chi connectivity index (χ1) is 8.89. The van der Waals surface area contributed by atoms with Crippen LogP contribution in [0.15, 0.2) is 0 Å². The van der Waals surface area contributed by atoms with Crippen molar-refractivity contribution in [2.24, 2.45) is 0 Å². The highest BCUT2D eigenvalue weighted by Crippen LogP contribution is 2.09. The summed E-state index contributed by atoms with van der Waals surface area (Å²) in [5.74, 6) is -0.285. The zero-order valence-corrected chi connectivity index (χ0v) is 14.8. The molecule has 0 heterocycles. The monoisotopic (exact) mass is 303 g/mol. The SMILES string of the molecule is C[C@@H](CC(=O)OCC[Si](C)(C)C)NC(=O)OC(C)(C)C. The molecule has 0 radical (unpaired) electrons. The molecular formula is C14H29NO4Si. The van der Waals surface area contributed by atoms with Crippen molar-refractivity contribution >= 4 is 20.1 Å². The summed E-state index contributed by atoms with van der Waals surface area (Å²) in [5, 5.41) is 2.62. The molecule has 0 bridgehead atoms. The third kappa shape index (κ3) is 12.0. The van der Waals surface area contributed by atoms with Crippen LogP contribution in [0.1, 0.15) is 34.1 Å². The third-order valence-corrected chi connectivity index (χ3v) is 4.06. The first-order valence-electron chi connectivity index (χ1n) is 7.04. The molecule has 1 atom stereocenters. The van der Waals surface area contributed by atoms with E-state index in [1.165, 1.54) is 0 Å². The standard InChI is InChI=1S/C14H29NO4Si/c1-11(15-13(17)19-14(2,3)4)10-12(16)18-8-9-20(5,6)7/h11H,8-10H2,1-7H3,(H,15,17)/t11-/m0/s1. The van der Waals surface area contributed by atoms with Crippen LogP contribution >= 0.6 is 0 Å². The number of amides is 1. The molecule has 0 saturated heterocycles. The van der Waals surface area contributed by atoms with Gasteiger partial charge in [0.1, 0.15) is 5.60 Å². The summed E-state index contributed by atoms with van der Waals surface area (Å²) in [6.07, 6.45) is -0.356. The maximum absolute atomic E-state index is 11.6. The van der Waals surface area contributed by atoms with Crippen LogP contribution < -0.4 is 5.32 Å². The van der Waals surface area contributed by atoms with E-state index in [0.717, 1.165) is 6.04 Å². The van der Waals surface area contributed by atoms with E-state index >= 15 is 0 Å². The van der Waals surface area contributed by atoms with Gasteiger partial charge in [0.05, 0.1) is 13.0 Å². The van der Waals surface area contributed by atoms with Gasteiger partial charge in [-0.2, -0.15) is 0 Å². The molecule has 0 aliphatic carbocycles. The second-order valence-electron chi connectivity index (χ2n) is 7.28. The Kier molecular flexibility index (Phi) is 7.26. The number of nitrogens with one attached hydrogen (secondary N) is 1. The topological polar surface area (TPSA) is 64.6 Å². The zero-order chi connectivity index (χ0) is 16.0. The summed E-state index contributed by atoms with van der Waals surface area (Å²) in [5.41, 5.74) is -0.540. The average molecular weight is 303 g/mol. The highest BCUT2D eigenvalue weighted by molar-refractivity contribution is 6.76. The van der Waals surface area contributed by atoms with Gasteiger partial charge in [-0.15, -0.1) is 0 Å². The Balaban J connectivity index is 3.94. The lowest BCUT2D eigenvalue weighted by Crippen LogP contribution is -2.38. The first-order valence-corrected chi connectivity index (χ1v) is 10.7. The van der Waals surface area contributed by atoms with E-state index in [0.29, 0.717) is 6.61 Å². The zero-order valence-electron chi connectivity index (χ0n) is 13.8. The fourth-order valence-electron chi connectivity index (χ4n) is 1.34. The van der Waals surface area contributed by atoms with Crippen molar-refractivity contribution in [1.29, 1.82) is 0 Å². The van der Waals surface area contributed by atoms with Gasteiger partial charge in [-0.25, -0.2) is 4.79 Å². The highest BCUT2D eigenvalue weighted by atomic mass is 28.3. The molecule has 0 spiro atoms. The van der Waals surface area contributed by atoms with Crippen molar-refractivity contribution in [2.75, 3.05) is 6.61 Å². The largest absolute Gasteiger partial charge is 0.466 e. The normalized spacial score (nSPS) is 13.6. The van der Waals surface area contributed by atoms with Crippen LogP contribution in [-0.4, -0.2) is 38.4 Å². The van der Waals surface area contributed by atoms with Gasteiger partial charge in [0.2, 0.25) is 0 Å². The van der Waals surface area contributed by atoms with E-state index in [9.17, 15) is 9.59 Å². The average Bonchev–Trinajstić information content (AvgIpc) is 2.10. The first kappa shape index (κ1) is 19.0. The molecule has 0 aromatic heterocycles. The van der Waals surface area contributed by atoms with E-state index in [-0.39, 0.29) is 18.4 Å². The summed E-state index contributed by atoms with van der Waals surface area (Å²) in [6, 6.07) is 0.649. The van der Waals surface area contributed by atoms with Gasteiger partial charge in [-0.3, -0.25) is 4.79 Å². The quantitative estimate of drug-likeness (QED) is 0.604. The second-order valence-corrected chi connectivity index (χ2v) is 12.9. The molecule has 6 heteroatoms. The Morgan fingerprint density at radius 3 is 2.20 bits per heavy atom. The third-order valence-electron chi connectivity index (χ3n) is 2.35. The molecule has 0 aromatic rings. The van der Waals surface area contributed by atoms with Gasteiger partial charge in [-0.1, -0.05) is 19.6 Å². The van der Waals surface area contributed by atoms with Crippen LogP contribution in [0.2, 0.25) is 25.7 Å². The molecule has 0 fully saturated rings. The summed E-state index contributed by atoms with van der Waals surface area (Å²) in [7, 11) is -1.18. The summed E-state index contributed by atoms with van der Waals surface area (Å²) in [6.45, 7) is 14.3. The van der Waals surface area contributed by atoms with Crippen molar-refractivity contribution in [3.8, 4) is 0 Å². The molecular weight excluding hydrogens is 274 g/mol. The fraction of sp³-hybridized carbons (Fsp3) is 0.857. The van der Waals surface area contributed by atoms with Crippen molar-refractivity contribution < 1.29 is 19.1 Å². The Bertz CT molecular complexity index is 331. The van der Waals surface area contributed by atoms with Crippen molar-refractivity contribution in [3.63, 3.8) is 0 Å². The summed E-state index contributed by atoms with van der Waals surface area (Å²) < 4.78 is 10.3. The second kappa shape index (κ2) is 7.66. The predicted molar refractivity (Wildman–Crippen MR) is 82.6 cm³/mol. The van der Waals surface area contributed by atoms with Crippen LogP contribution in [0.3, 0.4) is 0 Å². The van der Waals surface area contributed by atoms with Crippen molar-refractivity contribution in [3.05, 3.63) is 0 Å². The summed E-state index contributed by atoms with van der Waals surface area (Å²) in [4.78, 5) is 23.1. The summed E-state index contributed by atoms with van der Waals surface area (Å²) >= 11 is 0. The maximum atomic E-state index is 11.6. The Labute approximate surface area is 123 Å². The van der Waals surface area contributed by atoms with Gasteiger partial charge in [-0.05, 0) is 33.7 Å². The molecule has 0 aliphatic heterocycles. The Morgan fingerprint density at radius 2 is 1.75 bits per heavy atom. The van der Waals surface area contributed by atoms with E-state index in [2.05, 4.69) is 25.0 Å². The van der Waals surface area contributed by atoms with Crippen molar-refractivity contribution in [2.45, 2.75) is 71.4 Å². The number of carbonyl (C=O) groups excluding carboxylic acids is 2. The molecule has 20 heavy (non-hydrogen) atoms. The maximum Gasteiger partial charge on any atom is 0.407 e. The van der Waals surface area contributed by atoms with Gasteiger partial charge in [0.15, 0.2) is 0 Å². The predicted octanol–water partition coefficient (Wildman–Crippen LogP) is 3.17. The minimum atomic E-state index is -1.18. The van der Waals surface area contributed by atoms with E-state index in [1.54, 1.807) is 27.7 Å². The Hall–Kier alpha value is -1.04. The van der Waals surface area contributed by atoms with E-state index < -0.39 is 19.8 Å². The van der Waals surface area contributed by atoms with Crippen LogP contribution in [0, 0.1) is 0 Å². The molecule has 118 valence electrons. The number of alkyl carbamates (subject to hydrolysis) is 1. The molecule has 0 unspecified atom stereocenters. The number of rotatable bonds is 6. The van der Waals surface area contributed by atoms with Gasteiger partial charge in [0, 0.05) is 14.1 Å². The molecule has 1 amide bonds. The molecule has 0 saturated carbocycles. The molecule has 5 nitrogen and oxygen atoms in total. The number of carbonyl (C=O) groups is 2. The van der Waals surface area contributed by atoms with Crippen LogP contribution in [-0.2, 0) is 14.3 Å². The van der Waals surface area contributed by atoms with E-state index in [1.807, 2.05) is 0 Å². The lowest BCUT2D eigenvalue weighted by Gasteiger charge is -2.21. The smallest absolute Gasteiger partial charge is 0.407 e. The fourth-order valence-corrected chi connectivity index (χ4v) is 2.05. The van der Waals surface area contributed by atoms with E-state index in [4.69, 9.17) is 9.47 Å². The molecule has 1 N–H and O–H groups in total. The number of esters is 1. The minimum Gasteiger partial charge on any atom is -0.466 e. The van der Waals surface area contributed by atoms with Gasteiger partial charge < -0.3 is 14.8 Å². The number of hydrogen-bond donors (Lipinski definition) is 1. The number of hydrogen-bond acceptors (Lipinski definition) is 4. The highest BCUT2D eigenvalue weighted by Gasteiger charge is 2.20. The lowest BCUT2D eigenvalue weighted by atomic mass is 10.2. The van der Waals surface area contributed by atoms with Crippen LogP contribution in [0.5, 0.6) is 0 Å². The number of ether oxygens (including phenoxy) is 2. The molecule has 0 rings (SSSR count). The molecule has 0 aromatic carbocycles. The molecule has 0 aliphatic rings. The Morgan fingerprint density at radius 1 is 1.20 bits per heavy atom. The van der Waals surface area contributed by atoms with Crippen LogP contribution in [0.25, 0.3) is 0 Å². The van der Waals surface area contributed by atoms with Gasteiger partial charge in [0.25, 0.3) is 0 Å².